The number of hydrogen-bond acceptors (Lipinski definition) is 4. The Morgan fingerprint density at radius 1 is 1.69 bits per heavy atom. The van der Waals surface area contributed by atoms with Crippen LogP contribution in [0.4, 0.5) is 11.5 Å². The maximum Gasteiger partial charge on any atom is 0.220 e. The topological polar surface area (TPSA) is 80.0 Å². The molecule has 0 aromatic carbocycles. The average Bonchev–Trinajstić information content (AvgIpc) is 2.67. The Balaban J connectivity index is 1.94. The van der Waals surface area contributed by atoms with E-state index >= 15 is 0 Å². The molecule has 5 heteroatoms. The van der Waals surface area contributed by atoms with Crippen LogP contribution in [0.2, 0.25) is 0 Å². The minimum absolute atomic E-state index is 0.122. The highest BCUT2D eigenvalue weighted by Gasteiger charge is 2.20. The van der Waals surface area contributed by atoms with Crippen LogP contribution in [0.15, 0.2) is 12.3 Å². The van der Waals surface area contributed by atoms with Crippen molar-refractivity contribution in [2.45, 2.75) is 25.8 Å². The van der Waals surface area contributed by atoms with Gasteiger partial charge < -0.3 is 16.4 Å². The summed E-state index contributed by atoms with van der Waals surface area (Å²) in [5.74, 6) is 0.818. The highest BCUT2D eigenvalue weighted by molar-refractivity contribution is 5.78. The van der Waals surface area contributed by atoms with E-state index in [0.29, 0.717) is 24.5 Å². The number of anilines is 2. The molecular formula is C11H16N4O. The molecule has 1 fully saturated rings. The summed E-state index contributed by atoms with van der Waals surface area (Å²) in [4.78, 5) is 15.2. The molecule has 2 heterocycles. The van der Waals surface area contributed by atoms with Gasteiger partial charge in [-0.15, -0.1) is 0 Å². The smallest absolute Gasteiger partial charge is 0.220 e. The molecule has 4 N–H and O–H groups in total. The first kappa shape index (κ1) is 10.7. The third kappa shape index (κ3) is 2.24. The summed E-state index contributed by atoms with van der Waals surface area (Å²) in [5.41, 5.74) is 7.56. The van der Waals surface area contributed by atoms with Crippen LogP contribution in [0.1, 0.15) is 18.4 Å². The molecule has 1 amide bonds. The number of rotatable bonds is 3. The predicted molar refractivity (Wildman–Crippen MR) is 63.0 cm³/mol. The van der Waals surface area contributed by atoms with Gasteiger partial charge in [0.1, 0.15) is 5.82 Å². The first-order valence-corrected chi connectivity index (χ1v) is 5.41. The third-order valence-electron chi connectivity index (χ3n) is 2.81. The fraction of sp³-hybridized carbons (Fsp3) is 0.455. The van der Waals surface area contributed by atoms with Crippen molar-refractivity contribution in [2.75, 3.05) is 17.6 Å². The fourth-order valence-corrected chi connectivity index (χ4v) is 1.76. The van der Waals surface area contributed by atoms with E-state index in [1.165, 1.54) is 0 Å². The molecule has 86 valence electrons. The zero-order chi connectivity index (χ0) is 11.5. The summed E-state index contributed by atoms with van der Waals surface area (Å²) in [6.45, 7) is 2.62. The van der Waals surface area contributed by atoms with E-state index in [9.17, 15) is 4.79 Å². The van der Waals surface area contributed by atoms with E-state index in [-0.39, 0.29) is 11.9 Å². The SMILES string of the molecule is Cc1ccnc(NCC2CCC(=O)N2)c1N. The van der Waals surface area contributed by atoms with Crippen molar-refractivity contribution in [3.63, 3.8) is 0 Å². The standard InChI is InChI=1S/C11H16N4O/c1-7-4-5-13-11(10(7)12)14-6-8-2-3-9(16)15-8/h4-5,8H,2-3,6,12H2,1H3,(H,13,14)(H,15,16). The summed E-state index contributed by atoms with van der Waals surface area (Å²) >= 11 is 0. The van der Waals surface area contributed by atoms with Gasteiger partial charge in [0.25, 0.3) is 0 Å². The van der Waals surface area contributed by atoms with Crippen LogP contribution in [0.5, 0.6) is 0 Å². The van der Waals surface area contributed by atoms with Crippen molar-refractivity contribution in [1.82, 2.24) is 10.3 Å². The molecule has 1 unspecified atom stereocenters. The summed E-state index contributed by atoms with van der Waals surface area (Å²) in [5, 5.41) is 6.05. The average molecular weight is 220 g/mol. The Bertz CT molecular complexity index is 405. The second kappa shape index (κ2) is 4.38. The molecule has 16 heavy (non-hydrogen) atoms. The van der Waals surface area contributed by atoms with Gasteiger partial charge in [0, 0.05) is 25.2 Å². The van der Waals surface area contributed by atoms with Crippen molar-refractivity contribution < 1.29 is 4.79 Å². The van der Waals surface area contributed by atoms with Gasteiger partial charge in [-0.05, 0) is 25.0 Å². The number of nitrogens with one attached hydrogen (secondary N) is 2. The van der Waals surface area contributed by atoms with Gasteiger partial charge in [-0.25, -0.2) is 4.98 Å². The maximum atomic E-state index is 11.0. The Kier molecular flexibility index (Phi) is 2.94. The van der Waals surface area contributed by atoms with Gasteiger partial charge in [-0.3, -0.25) is 4.79 Å². The lowest BCUT2D eigenvalue weighted by atomic mass is 10.2. The molecule has 1 aliphatic rings. The van der Waals surface area contributed by atoms with E-state index in [4.69, 9.17) is 5.73 Å². The largest absolute Gasteiger partial charge is 0.396 e. The molecule has 1 atom stereocenters. The molecular weight excluding hydrogens is 204 g/mol. The Labute approximate surface area is 94.4 Å². The van der Waals surface area contributed by atoms with Gasteiger partial charge in [0.05, 0.1) is 5.69 Å². The molecule has 5 nitrogen and oxygen atoms in total. The second-order valence-corrected chi connectivity index (χ2v) is 4.07. The number of carbonyl (C=O) groups excluding carboxylic acids is 1. The van der Waals surface area contributed by atoms with E-state index < -0.39 is 0 Å². The number of hydrogen-bond donors (Lipinski definition) is 3. The van der Waals surface area contributed by atoms with Gasteiger partial charge in [-0.1, -0.05) is 0 Å². The monoisotopic (exact) mass is 220 g/mol. The molecule has 0 bridgehead atoms. The fourth-order valence-electron chi connectivity index (χ4n) is 1.76. The first-order valence-electron chi connectivity index (χ1n) is 5.41. The highest BCUT2D eigenvalue weighted by Crippen LogP contribution is 2.19. The highest BCUT2D eigenvalue weighted by atomic mass is 16.1. The lowest BCUT2D eigenvalue weighted by Crippen LogP contribution is -2.32. The molecule has 0 saturated carbocycles. The maximum absolute atomic E-state index is 11.0. The molecule has 0 radical (unpaired) electrons. The Morgan fingerprint density at radius 2 is 2.50 bits per heavy atom. The number of nitrogens with two attached hydrogens (primary N) is 1. The van der Waals surface area contributed by atoms with Gasteiger partial charge in [-0.2, -0.15) is 0 Å². The van der Waals surface area contributed by atoms with Crippen molar-refractivity contribution in [3.8, 4) is 0 Å². The molecule has 0 aliphatic carbocycles. The van der Waals surface area contributed by atoms with Gasteiger partial charge >= 0.3 is 0 Å². The number of aryl methyl sites for hydroxylation is 1. The molecule has 0 spiro atoms. The van der Waals surface area contributed by atoms with E-state index in [0.717, 1.165) is 12.0 Å². The van der Waals surface area contributed by atoms with Crippen LogP contribution in [0.3, 0.4) is 0 Å². The van der Waals surface area contributed by atoms with Crippen LogP contribution in [-0.4, -0.2) is 23.5 Å². The molecule has 1 aromatic heterocycles. The van der Waals surface area contributed by atoms with E-state index in [1.807, 2.05) is 13.0 Å². The number of pyridine rings is 1. The molecule has 2 rings (SSSR count). The number of aromatic nitrogens is 1. The lowest BCUT2D eigenvalue weighted by molar-refractivity contribution is -0.119. The summed E-state index contributed by atoms with van der Waals surface area (Å²) in [6, 6.07) is 2.06. The minimum Gasteiger partial charge on any atom is -0.396 e. The zero-order valence-electron chi connectivity index (χ0n) is 9.29. The van der Waals surface area contributed by atoms with Crippen molar-refractivity contribution >= 4 is 17.4 Å². The predicted octanol–water partition coefficient (Wildman–Crippen LogP) is 0.663. The second-order valence-electron chi connectivity index (χ2n) is 4.07. The lowest BCUT2D eigenvalue weighted by Gasteiger charge is -2.13. The van der Waals surface area contributed by atoms with Crippen molar-refractivity contribution in [2.24, 2.45) is 0 Å². The number of nitrogen functional groups attached to an aromatic ring is 1. The first-order chi connectivity index (χ1) is 7.66. The Hall–Kier alpha value is -1.78. The Morgan fingerprint density at radius 3 is 3.19 bits per heavy atom. The van der Waals surface area contributed by atoms with Crippen LogP contribution < -0.4 is 16.4 Å². The summed E-state index contributed by atoms with van der Waals surface area (Å²) in [6.07, 6.45) is 3.21. The summed E-state index contributed by atoms with van der Waals surface area (Å²) in [7, 11) is 0. The third-order valence-corrected chi connectivity index (χ3v) is 2.81. The zero-order valence-corrected chi connectivity index (χ0v) is 9.29. The van der Waals surface area contributed by atoms with Gasteiger partial charge in [0.2, 0.25) is 5.91 Å². The van der Waals surface area contributed by atoms with E-state index in [1.54, 1.807) is 6.20 Å². The molecule has 1 aromatic rings. The van der Waals surface area contributed by atoms with Crippen molar-refractivity contribution in [1.29, 1.82) is 0 Å². The minimum atomic E-state index is 0.122. The van der Waals surface area contributed by atoms with Gasteiger partial charge in [0.15, 0.2) is 0 Å². The molecule has 1 aliphatic heterocycles. The van der Waals surface area contributed by atoms with Crippen molar-refractivity contribution in [3.05, 3.63) is 17.8 Å². The number of nitrogens with zero attached hydrogens (tertiary/aromatic N) is 1. The van der Waals surface area contributed by atoms with E-state index in [2.05, 4.69) is 15.6 Å². The van der Waals surface area contributed by atoms with Crippen LogP contribution >= 0.6 is 0 Å². The van der Waals surface area contributed by atoms with Crippen LogP contribution in [0.25, 0.3) is 0 Å². The summed E-state index contributed by atoms with van der Waals surface area (Å²) < 4.78 is 0. The normalized spacial score (nSPS) is 19.6. The quantitative estimate of drug-likeness (QED) is 0.699. The van der Waals surface area contributed by atoms with Crippen LogP contribution in [0, 0.1) is 6.92 Å². The van der Waals surface area contributed by atoms with Crippen LogP contribution in [-0.2, 0) is 4.79 Å². The molecule has 1 saturated heterocycles. The number of amides is 1. The number of carbonyl (C=O) groups is 1.